The third-order valence-corrected chi connectivity index (χ3v) is 8.40. The Labute approximate surface area is 125 Å². The lowest BCUT2D eigenvalue weighted by molar-refractivity contribution is 0.234. The van der Waals surface area contributed by atoms with Crippen LogP contribution in [0.15, 0.2) is 23.8 Å². The Balaban J connectivity index is 4.59. The number of hydrogen-bond acceptors (Lipinski definition) is 5. The normalized spacial score (nSPS) is 13.2. The fourth-order valence-electron chi connectivity index (χ4n) is 1.51. The molecule has 0 aliphatic rings. The largest absolute Gasteiger partial charge is 0.415 e. The van der Waals surface area contributed by atoms with Crippen LogP contribution in [-0.2, 0) is 4.43 Å². The Hall–Kier alpha value is -1.14. The second kappa shape index (κ2) is 7.59. The van der Waals surface area contributed by atoms with Crippen LogP contribution in [0.2, 0.25) is 18.1 Å². The van der Waals surface area contributed by atoms with Gasteiger partial charge in [0.15, 0.2) is 8.32 Å². The van der Waals surface area contributed by atoms with Crippen LogP contribution in [0.4, 0.5) is 0 Å². The number of hydrogen-bond donors (Lipinski definition) is 3. The van der Waals surface area contributed by atoms with Crippen molar-refractivity contribution in [2.24, 2.45) is 17.2 Å². The first-order valence-electron chi connectivity index (χ1n) is 7.08. The van der Waals surface area contributed by atoms with E-state index in [1.165, 1.54) is 6.20 Å². The summed E-state index contributed by atoms with van der Waals surface area (Å²) < 4.78 is 6.17. The lowest BCUT2D eigenvalue weighted by Crippen LogP contribution is -2.42. The third kappa shape index (κ3) is 5.88. The van der Waals surface area contributed by atoms with Gasteiger partial charge in [-0.25, -0.2) is 0 Å². The van der Waals surface area contributed by atoms with Crippen LogP contribution in [-0.4, -0.2) is 32.9 Å². The molecule has 0 spiro atoms. The number of nitrogens with zero attached hydrogens (tertiary/aromatic N) is 1. The number of nitrogens with two attached hydrogens (primary N) is 3. The maximum Gasteiger partial charge on any atom is 0.192 e. The van der Waals surface area contributed by atoms with Crippen molar-refractivity contribution >= 4 is 8.32 Å². The molecule has 0 aromatic heterocycles. The summed E-state index contributed by atoms with van der Waals surface area (Å²) in [6.45, 7) is 15.6. The van der Waals surface area contributed by atoms with E-state index in [0.29, 0.717) is 6.61 Å². The van der Waals surface area contributed by atoms with E-state index in [1.807, 2.05) is 0 Å². The Bertz CT molecular complexity index is 355. The van der Waals surface area contributed by atoms with Gasteiger partial charge in [-0.05, 0) is 25.1 Å². The molecule has 6 N–H and O–H groups in total. The van der Waals surface area contributed by atoms with E-state index >= 15 is 0 Å². The first-order valence-corrected chi connectivity index (χ1v) is 9.99. The van der Waals surface area contributed by atoms with Gasteiger partial charge in [-0.2, -0.15) is 0 Å². The molecule has 0 saturated heterocycles. The molecule has 0 aromatic carbocycles. The molecule has 0 atom stereocenters. The second-order valence-corrected chi connectivity index (χ2v) is 11.2. The Kier molecular flexibility index (Phi) is 7.16. The van der Waals surface area contributed by atoms with Crippen LogP contribution < -0.4 is 17.2 Å². The van der Waals surface area contributed by atoms with E-state index in [9.17, 15) is 0 Å². The van der Waals surface area contributed by atoms with Crippen LogP contribution in [0.25, 0.3) is 0 Å². The first kappa shape index (κ1) is 18.9. The van der Waals surface area contributed by atoms with E-state index in [1.54, 1.807) is 6.08 Å². The Morgan fingerprint density at radius 1 is 1.25 bits per heavy atom. The molecule has 0 radical (unpaired) electrons. The van der Waals surface area contributed by atoms with Crippen molar-refractivity contribution in [1.82, 2.24) is 4.90 Å². The average molecular weight is 301 g/mol. The van der Waals surface area contributed by atoms with Crippen LogP contribution in [0.3, 0.4) is 0 Å². The van der Waals surface area contributed by atoms with Crippen molar-refractivity contribution < 1.29 is 4.43 Å². The maximum atomic E-state index is 6.17. The zero-order valence-corrected chi connectivity index (χ0v) is 14.9. The second-order valence-electron chi connectivity index (χ2n) is 6.42. The monoisotopic (exact) mass is 300 g/mol. The number of rotatable bonds is 7. The molecule has 5 nitrogen and oxygen atoms in total. The Morgan fingerprint density at radius 2 is 1.80 bits per heavy atom. The van der Waals surface area contributed by atoms with Gasteiger partial charge in [-0.3, -0.25) is 0 Å². The van der Waals surface area contributed by atoms with Gasteiger partial charge < -0.3 is 26.5 Å². The van der Waals surface area contributed by atoms with Crippen molar-refractivity contribution in [1.29, 1.82) is 0 Å². The van der Waals surface area contributed by atoms with Gasteiger partial charge in [0, 0.05) is 25.4 Å². The summed E-state index contributed by atoms with van der Waals surface area (Å²) in [4.78, 5) is 2.10. The van der Waals surface area contributed by atoms with E-state index in [4.69, 9.17) is 21.6 Å². The lowest BCUT2D eigenvalue weighted by Gasteiger charge is -2.37. The molecule has 20 heavy (non-hydrogen) atoms. The summed E-state index contributed by atoms with van der Waals surface area (Å²) in [6, 6.07) is 0. The van der Waals surface area contributed by atoms with Crippen molar-refractivity contribution in [2.45, 2.75) is 45.8 Å². The van der Waals surface area contributed by atoms with E-state index in [-0.39, 0.29) is 10.9 Å². The molecule has 0 aliphatic carbocycles. The number of allylic oxidation sites excluding steroid dienone is 1. The van der Waals surface area contributed by atoms with E-state index in [0.717, 1.165) is 18.8 Å². The van der Waals surface area contributed by atoms with Crippen LogP contribution >= 0.6 is 0 Å². The van der Waals surface area contributed by atoms with Crippen molar-refractivity contribution in [3.05, 3.63) is 23.8 Å². The average Bonchev–Trinajstić information content (AvgIpc) is 2.30. The van der Waals surface area contributed by atoms with Crippen molar-refractivity contribution in [3.63, 3.8) is 0 Å². The first-order chi connectivity index (χ1) is 9.05. The highest BCUT2D eigenvalue weighted by Gasteiger charge is 2.36. The fourth-order valence-corrected chi connectivity index (χ4v) is 2.55. The third-order valence-electron chi connectivity index (χ3n) is 3.86. The molecule has 0 heterocycles. The van der Waals surface area contributed by atoms with Crippen LogP contribution in [0.1, 0.15) is 27.7 Å². The molecule has 0 rings (SSSR count). The zero-order chi connectivity index (χ0) is 16.0. The SMILES string of the molecule is CCN(CCO[Si](C)(C)C(C)(C)C)/C(C=C(N)N)=C/N. The van der Waals surface area contributed by atoms with Gasteiger partial charge in [0.2, 0.25) is 0 Å². The minimum atomic E-state index is -1.70. The molecule has 0 saturated carbocycles. The summed E-state index contributed by atoms with van der Waals surface area (Å²) in [6.07, 6.45) is 3.20. The lowest BCUT2D eigenvalue weighted by atomic mass is 10.2. The highest BCUT2D eigenvalue weighted by Crippen LogP contribution is 2.36. The summed E-state index contributed by atoms with van der Waals surface area (Å²) in [5.41, 5.74) is 17.5. The van der Waals surface area contributed by atoms with Crippen LogP contribution in [0.5, 0.6) is 0 Å². The molecular weight excluding hydrogens is 268 g/mol. The fraction of sp³-hybridized carbons (Fsp3) is 0.714. The predicted octanol–water partition coefficient (Wildman–Crippen LogP) is 1.89. The van der Waals surface area contributed by atoms with Gasteiger partial charge in [0.05, 0.1) is 18.1 Å². The molecule has 0 bridgehead atoms. The quantitative estimate of drug-likeness (QED) is 0.493. The van der Waals surface area contributed by atoms with Gasteiger partial charge in [-0.1, -0.05) is 20.8 Å². The smallest absolute Gasteiger partial charge is 0.192 e. The number of likely N-dealkylation sites (N-methyl/N-ethyl adjacent to an activating group) is 1. The summed E-state index contributed by atoms with van der Waals surface area (Å²) in [5, 5.41) is 0.220. The highest BCUT2D eigenvalue weighted by atomic mass is 28.4. The summed E-state index contributed by atoms with van der Waals surface area (Å²) >= 11 is 0. The van der Waals surface area contributed by atoms with E-state index in [2.05, 4.69) is 45.7 Å². The molecule has 0 fully saturated rings. The molecular formula is C14H32N4OSi. The zero-order valence-electron chi connectivity index (χ0n) is 13.9. The Morgan fingerprint density at radius 3 is 2.15 bits per heavy atom. The van der Waals surface area contributed by atoms with Gasteiger partial charge >= 0.3 is 0 Å². The van der Waals surface area contributed by atoms with E-state index < -0.39 is 8.32 Å². The molecule has 0 aliphatic heterocycles. The predicted molar refractivity (Wildman–Crippen MR) is 89.1 cm³/mol. The standard InChI is InChI=1S/C14H32N4OSi/c1-7-18(12(11-15)10-13(16)17)8-9-19-20(5,6)14(2,3)4/h10-11H,7-9,15-17H2,1-6H3/b12-11+. The minimum absolute atomic E-state index is 0.220. The van der Waals surface area contributed by atoms with Crippen molar-refractivity contribution in [3.8, 4) is 0 Å². The molecule has 0 aromatic rings. The van der Waals surface area contributed by atoms with Gasteiger partial charge in [0.25, 0.3) is 0 Å². The molecule has 118 valence electrons. The van der Waals surface area contributed by atoms with Gasteiger partial charge in [0.1, 0.15) is 0 Å². The van der Waals surface area contributed by atoms with Gasteiger partial charge in [-0.15, -0.1) is 0 Å². The summed E-state index contributed by atoms with van der Waals surface area (Å²) in [7, 11) is -1.70. The van der Waals surface area contributed by atoms with Crippen LogP contribution in [0, 0.1) is 0 Å². The molecule has 0 amide bonds. The van der Waals surface area contributed by atoms with Crippen molar-refractivity contribution in [2.75, 3.05) is 19.7 Å². The highest BCUT2D eigenvalue weighted by molar-refractivity contribution is 6.74. The molecule has 6 heteroatoms. The summed E-state index contributed by atoms with van der Waals surface area (Å²) in [5.74, 6) is 0.255. The topological polar surface area (TPSA) is 90.5 Å². The molecule has 0 unspecified atom stereocenters. The maximum absolute atomic E-state index is 6.17. The minimum Gasteiger partial charge on any atom is -0.415 e.